The van der Waals surface area contributed by atoms with Crippen molar-refractivity contribution in [2.24, 2.45) is 0 Å². The lowest BCUT2D eigenvalue weighted by molar-refractivity contribution is 1.41. The lowest BCUT2D eigenvalue weighted by Crippen LogP contribution is -1.87. The molecule has 2 nitrogen and oxygen atoms in total. The van der Waals surface area contributed by atoms with Gasteiger partial charge in [-0.2, -0.15) is 0 Å². The molecular formula is C15H12N2. The van der Waals surface area contributed by atoms with Crippen LogP contribution in [0.2, 0.25) is 0 Å². The van der Waals surface area contributed by atoms with E-state index < -0.39 is 0 Å². The Morgan fingerprint density at radius 1 is 0.824 bits per heavy atom. The average molecular weight is 220 g/mol. The van der Waals surface area contributed by atoms with Gasteiger partial charge < -0.3 is 5.73 Å². The first-order valence-corrected chi connectivity index (χ1v) is 5.54. The molecule has 17 heavy (non-hydrogen) atoms. The molecule has 0 aliphatic rings. The van der Waals surface area contributed by atoms with Crippen LogP contribution in [0.15, 0.2) is 60.8 Å². The zero-order valence-electron chi connectivity index (χ0n) is 9.30. The minimum atomic E-state index is 0.697. The molecule has 0 fully saturated rings. The predicted molar refractivity (Wildman–Crippen MR) is 71.6 cm³/mol. The van der Waals surface area contributed by atoms with Crippen LogP contribution in [0, 0.1) is 0 Å². The fraction of sp³-hybridized carbons (Fsp3) is 0. The van der Waals surface area contributed by atoms with Gasteiger partial charge >= 0.3 is 0 Å². The first-order valence-electron chi connectivity index (χ1n) is 5.54. The fourth-order valence-corrected chi connectivity index (χ4v) is 1.96. The summed E-state index contributed by atoms with van der Waals surface area (Å²) in [6, 6.07) is 18.5. The third-order valence-corrected chi connectivity index (χ3v) is 2.81. The Bertz CT molecular complexity index is 660. The number of hydrogen-bond donors (Lipinski definition) is 1. The first-order chi connectivity index (χ1) is 8.33. The van der Waals surface area contributed by atoms with Crippen molar-refractivity contribution >= 4 is 16.6 Å². The van der Waals surface area contributed by atoms with Crippen molar-refractivity contribution in [3.05, 3.63) is 60.8 Å². The second-order valence-electron chi connectivity index (χ2n) is 4.04. The number of nitrogen functional groups attached to an aromatic ring is 1. The molecule has 0 saturated carbocycles. The van der Waals surface area contributed by atoms with Gasteiger partial charge in [0.05, 0.1) is 17.4 Å². The third kappa shape index (κ3) is 1.85. The molecule has 0 aliphatic carbocycles. The van der Waals surface area contributed by atoms with E-state index in [0.29, 0.717) is 5.69 Å². The van der Waals surface area contributed by atoms with E-state index in [1.165, 1.54) is 11.1 Å². The summed E-state index contributed by atoms with van der Waals surface area (Å²) in [5.74, 6) is 0. The number of anilines is 1. The maximum atomic E-state index is 5.75. The Morgan fingerprint density at radius 3 is 2.47 bits per heavy atom. The number of rotatable bonds is 1. The highest BCUT2D eigenvalue weighted by Gasteiger charge is 2.00. The van der Waals surface area contributed by atoms with Crippen LogP contribution in [-0.4, -0.2) is 4.98 Å². The van der Waals surface area contributed by atoms with Gasteiger partial charge in [0, 0.05) is 5.39 Å². The van der Waals surface area contributed by atoms with Crippen molar-refractivity contribution in [1.82, 2.24) is 4.98 Å². The molecule has 0 amide bonds. The van der Waals surface area contributed by atoms with Crippen LogP contribution in [0.25, 0.3) is 22.0 Å². The van der Waals surface area contributed by atoms with E-state index in [0.717, 1.165) is 10.9 Å². The topological polar surface area (TPSA) is 38.9 Å². The normalized spacial score (nSPS) is 10.6. The fourth-order valence-electron chi connectivity index (χ4n) is 1.96. The molecule has 0 atom stereocenters. The third-order valence-electron chi connectivity index (χ3n) is 2.81. The van der Waals surface area contributed by atoms with Gasteiger partial charge in [-0.15, -0.1) is 0 Å². The van der Waals surface area contributed by atoms with Gasteiger partial charge in [-0.25, -0.2) is 0 Å². The molecule has 3 rings (SSSR count). The average Bonchev–Trinajstić information content (AvgIpc) is 2.39. The van der Waals surface area contributed by atoms with Gasteiger partial charge in [-0.1, -0.05) is 36.4 Å². The van der Waals surface area contributed by atoms with E-state index in [1.54, 1.807) is 6.20 Å². The summed E-state index contributed by atoms with van der Waals surface area (Å²) in [5, 5.41) is 1.08. The van der Waals surface area contributed by atoms with E-state index in [2.05, 4.69) is 29.2 Å². The summed E-state index contributed by atoms with van der Waals surface area (Å²) in [7, 11) is 0. The molecule has 3 aromatic rings. The van der Waals surface area contributed by atoms with Gasteiger partial charge in [-0.05, 0) is 29.3 Å². The maximum Gasteiger partial charge on any atom is 0.0704 e. The number of hydrogen-bond acceptors (Lipinski definition) is 2. The van der Waals surface area contributed by atoms with E-state index in [4.69, 9.17) is 5.73 Å². The van der Waals surface area contributed by atoms with Crippen LogP contribution >= 0.6 is 0 Å². The number of nitrogens with two attached hydrogens (primary N) is 1. The standard InChI is InChI=1S/C15H12N2/c16-14-9-13-8-12(6-7-15(13)17-10-14)11-4-2-1-3-5-11/h1-10H,16H2. The summed E-state index contributed by atoms with van der Waals surface area (Å²) < 4.78 is 0. The maximum absolute atomic E-state index is 5.75. The van der Waals surface area contributed by atoms with Crippen LogP contribution in [0.1, 0.15) is 0 Å². The van der Waals surface area contributed by atoms with Gasteiger partial charge in [0.1, 0.15) is 0 Å². The van der Waals surface area contributed by atoms with Crippen molar-refractivity contribution in [3.8, 4) is 11.1 Å². The highest BCUT2D eigenvalue weighted by molar-refractivity contribution is 5.86. The van der Waals surface area contributed by atoms with E-state index in [9.17, 15) is 0 Å². The summed E-state index contributed by atoms with van der Waals surface area (Å²) >= 11 is 0. The molecule has 1 heterocycles. The lowest BCUT2D eigenvalue weighted by atomic mass is 10.0. The number of nitrogens with zero attached hydrogens (tertiary/aromatic N) is 1. The highest BCUT2D eigenvalue weighted by atomic mass is 14.7. The molecule has 0 spiro atoms. The van der Waals surface area contributed by atoms with Gasteiger partial charge in [-0.3, -0.25) is 4.98 Å². The Kier molecular flexibility index (Phi) is 2.26. The second-order valence-corrected chi connectivity index (χ2v) is 4.04. The Hall–Kier alpha value is -2.35. The summed E-state index contributed by atoms with van der Waals surface area (Å²) in [4.78, 5) is 4.29. The van der Waals surface area contributed by atoms with Crippen LogP contribution in [0.4, 0.5) is 5.69 Å². The molecule has 0 aliphatic heterocycles. The van der Waals surface area contributed by atoms with Crippen molar-refractivity contribution in [2.75, 3.05) is 5.73 Å². The Labute approximate surface area is 99.7 Å². The van der Waals surface area contributed by atoms with Crippen LogP contribution in [0.5, 0.6) is 0 Å². The molecule has 0 unspecified atom stereocenters. The number of fused-ring (bicyclic) bond motifs is 1. The van der Waals surface area contributed by atoms with E-state index >= 15 is 0 Å². The van der Waals surface area contributed by atoms with E-state index in [-0.39, 0.29) is 0 Å². The largest absolute Gasteiger partial charge is 0.397 e. The lowest BCUT2D eigenvalue weighted by Gasteiger charge is -2.04. The van der Waals surface area contributed by atoms with Crippen LogP contribution in [-0.2, 0) is 0 Å². The summed E-state index contributed by atoms with van der Waals surface area (Å²) in [6.45, 7) is 0. The Morgan fingerprint density at radius 2 is 1.65 bits per heavy atom. The summed E-state index contributed by atoms with van der Waals surface area (Å²) in [6.07, 6.45) is 1.69. The zero-order valence-corrected chi connectivity index (χ0v) is 9.30. The van der Waals surface area contributed by atoms with Gasteiger partial charge in [0.25, 0.3) is 0 Å². The highest BCUT2D eigenvalue weighted by Crippen LogP contribution is 2.24. The molecule has 1 aromatic heterocycles. The Balaban J connectivity index is 2.19. The molecule has 0 saturated heterocycles. The molecule has 2 heteroatoms. The molecule has 0 radical (unpaired) electrons. The smallest absolute Gasteiger partial charge is 0.0704 e. The first kappa shape index (κ1) is 9.85. The molecule has 2 N–H and O–H groups in total. The van der Waals surface area contributed by atoms with Crippen molar-refractivity contribution < 1.29 is 0 Å². The van der Waals surface area contributed by atoms with Crippen LogP contribution < -0.4 is 5.73 Å². The predicted octanol–water partition coefficient (Wildman–Crippen LogP) is 3.48. The molecule has 82 valence electrons. The van der Waals surface area contributed by atoms with Gasteiger partial charge in [0.2, 0.25) is 0 Å². The van der Waals surface area contributed by atoms with Crippen molar-refractivity contribution in [3.63, 3.8) is 0 Å². The molecular weight excluding hydrogens is 208 g/mol. The second kappa shape index (κ2) is 3.91. The number of pyridine rings is 1. The summed E-state index contributed by atoms with van der Waals surface area (Å²) in [5.41, 5.74) is 9.81. The number of benzene rings is 2. The number of aromatic nitrogens is 1. The van der Waals surface area contributed by atoms with Gasteiger partial charge in [0.15, 0.2) is 0 Å². The van der Waals surface area contributed by atoms with Crippen molar-refractivity contribution in [2.45, 2.75) is 0 Å². The van der Waals surface area contributed by atoms with Crippen LogP contribution in [0.3, 0.4) is 0 Å². The van der Waals surface area contributed by atoms with E-state index in [1.807, 2.05) is 30.3 Å². The minimum Gasteiger partial charge on any atom is -0.397 e. The minimum absolute atomic E-state index is 0.697. The van der Waals surface area contributed by atoms with Crippen molar-refractivity contribution in [1.29, 1.82) is 0 Å². The molecule has 0 bridgehead atoms. The quantitative estimate of drug-likeness (QED) is 0.681. The molecule has 2 aromatic carbocycles. The SMILES string of the molecule is Nc1cnc2ccc(-c3ccccc3)cc2c1. The zero-order chi connectivity index (χ0) is 11.7. The monoisotopic (exact) mass is 220 g/mol.